The Kier molecular flexibility index (Phi) is 10.3. The fraction of sp³-hybridized carbons (Fsp3) is 0.414. The fourth-order valence-electron chi connectivity index (χ4n) is 3.75. The maximum absolute atomic E-state index is 13.1. The number of hydrogen-bond donors (Lipinski definition) is 0. The van der Waals surface area contributed by atoms with Gasteiger partial charge in [-0.2, -0.15) is 0 Å². The largest absolute Gasteiger partial charge is 0.496 e. The van der Waals surface area contributed by atoms with Crippen LogP contribution in [0.4, 0.5) is 0 Å². The highest BCUT2D eigenvalue weighted by molar-refractivity contribution is 6.09. The summed E-state index contributed by atoms with van der Waals surface area (Å²) in [7, 11) is 1.60. The van der Waals surface area contributed by atoms with Crippen LogP contribution < -0.4 is 9.47 Å². The van der Waals surface area contributed by atoms with Crippen molar-refractivity contribution in [2.45, 2.75) is 60.3 Å². The number of aryl methyl sites for hydroxylation is 2. The van der Waals surface area contributed by atoms with E-state index in [0.29, 0.717) is 23.8 Å². The lowest BCUT2D eigenvalue weighted by atomic mass is 10.00. The highest BCUT2D eigenvalue weighted by Gasteiger charge is 2.16. The van der Waals surface area contributed by atoms with Crippen molar-refractivity contribution < 1.29 is 14.3 Å². The number of ketones is 1. The van der Waals surface area contributed by atoms with E-state index in [2.05, 4.69) is 39.8 Å². The molecule has 32 heavy (non-hydrogen) atoms. The number of methoxy groups -OCH3 is 1. The minimum Gasteiger partial charge on any atom is -0.496 e. The summed E-state index contributed by atoms with van der Waals surface area (Å²) in [5, 5.41) is 0. The van der Waals surface area contributed by atoms with Gasteiger partial charge in [0.2, 0.25) is 0 Å². The first-order chi connectivity index (χ1) is 15.4. The molecule has 0 aliphatic heterocycles. The van der Waals surface area contributed by atoms with Crippen LogP contribution in [0.5, 0.6) is 11.5 Å². The molecule has 1 unspecified atom stereocenters. The highest BCUT2D eigenvalue weighted by atomic mass is 16.5. The molecule has 0 saturated heterocycles. The van der Waals surface area contributed by atoms with E-state index in [1.165, 1.54) is 18.4 Å². The van der Waals surface area contributed by atoms with Gasteiger partial charge in [0.1, 0.15) is 11.5 Å². The monoisotopic (exact) mass is 434 g/mol. The normalized spacial score (nSPS) is 12.4. The second kappa shape index (κ2) is 12.9. The quantitative estimate of drug-likeness (QED) is 0.252. The van der Waals surface area contributed by atoms with Crippen LogP contribution in [0, 0.1) is 19.8 Å². The molecule has 2 aromatic carbocycles. The number of ether oxygens (including phenoxy) is 2. The molecule has 2 aromatic rings. The number of carbonyl (C=O) groups is 1. The van der Waals surface area contributed by atoms with Gasteiger partial charge in [0.15, 0.2) is 5.78 Å². The molecular weight excluding hydrogens is 396 g/mol. The first kappa shape index (κ1) is 25.5. The Balaban J connectivity index is 2.33. The van der Waals surface area contributed by atoms with Crippen molar-refractivity contribution in [2.75, 3.05) is 13.7 Å². The van der Waals surface area contributed by atoms with Gasteiger partial charge in [-0.25, -0.2) is 0 Å². The van der Waals surface area contributed by atoms with Crippen molar-refractivity contribution >= 4 is 17.9 Å². The molecule has 0 radical (unpaired) electrons. The first-order valence-electron chi connectivity index (χ1n) is 11.7. The first-order valence-corrected chi connectivity index (χ1v) is 11.7. The van der Waals surface area contributed by atoms with Gasteiger partial charge in [-0.3, -0.25) is 4.79 Å². The van der Waals surface area contributed by atoms with Crippen LogP contribution in [0.15, 0.2) is 42.5 Å². The van der Waals surface area contributed by atoms with Gasteiger partial charge in [0, 0.05) is 5.56 Å². The lowest BCUT2D eigenvalue weighted by molar-refractivity contribution is 0.104. The third-order valence-corrected chi connectivity index (χ3v) is 5.80. The van der Waals surface area contributed by atoms with E-state index in [9.17, 15) is 4.79 Å². The zero-order valence-electron chi connectivity index (χ0n) is 20.5. The molecule has 0 aliphatic carbocycles. The van der Waals surface area contributed by atoms with E-state index in [4.69, 9.17) is 9.47 Å². The van der Waals surface area contributed by atoms with Gasteiger partial charge in [-0.05, 0) is 62.4 Å². The van der Waals surface area contributed by atoms with Crippen LogP contribution in [0.1, 0.15) is 79.1 Å². The predicted octanol–water partition coefficient (Wildman–Crippen LogP) is 7.84. The predicted molar refractivity (Wildman–Crippen MR) is 136 cm³/mol. The SMILES string of the molecule is C/C=C/c1cc(OC)c(C(=O)/C=C/c2ccc(C)cc2C)cc1OCC(CC)CCCC. The molecule has 0 fully saturated rings. The number of benzene rings is 2. The molecule has 3 nitrogen and oxygen atoms in total. The Labute approximate surface area is 194 Å². The average Bonchev–Trinajstić information content (AvgIpc) is 2.79. The lowest BCUT2D eigenvalue weighted by Gasteiger charge is -2.18. The van der Waals surface area contributed by atoms with Crippen LogP contribution in [0.25, 0.3) is 12.2 Å². The van der Waals surface area contributed by atoms with Crippen molar-refractivity contribution in [1.82, 2.24) is 0 Å². The van der Waals surface area contributed by atoms with Crippen LogP contribution in [-0.4, -0.2) is 19.5 Å². The summed E-state index contributed by atoms with van der Waals surface area (Å²) in [5.41, 5.74) is 4.82. The van der Waals surface area contributed by atoms with Gasteiger partial charge in [-0.1, -0.05) is 75.1 Å². The minimum atomic E-state index is -0.100. The van der Waals surface area contributed by atoms with Crippen LogP contribution in [-0.2, 0) is 0 Å². The number of rotatable bonds is 12. The number of hydrogen-bond acceptors (Lipinski definition) is 3. The smallest absolute Gasteiger partial charge is 0.189 e. The molecular formula is C29H38O3. The van der Waals surface area contributed by atoms with Crippen LogP contribution in [0.2, 0.25) is 0 Å². The van der Waals surface area contributed by atoms with Crippen molar-refractivity contribution in [3.05, 3.63) is 70.3 Å². The molecule has 0 aliphatic rings. The summed E-state index contributed by atoms with van der Waals surface area (Å²) < 4.78 is 11.8. The molecule has 0 N–H and O–H groups in total. The maximum atomic E-state index is 13.1. The topological polar surface area (TPSA) is 35.5 Å². The van der Waals surface area contributed by atoms with Crippen LogP contribution >= 0.6 is 0 Å². The summed E-state index contributed by atoms with van der Waals surface area (Å²) in [6, 6.07) is 9.93. The number of carbonyl (C=O) groups excluding carboxylic acids is 1. The van der Waals surface area contributed by atoms with Crippen molar-refractivity contribution in [1.29, 1.82) is 0 Å². The van der Waals surface area contributed by atoms with Gasteiger partial charge >= 0.3 is 0 Å². The Hall–Kier alpha value is -2.81. The van der Waals surface area contributed by atoms with E-state index in [0.717, 1.165) is 35.3 Å². The number of unbranched alkanes of at least 4 members (excludes halogenated alkanes) is 1. The van der Waals surface area contributed by atoms with Gasteiger partial charge < -0.3 is 9.47 Å². The molecule has 0 aromatic heterocycles. The highest BCUT2D eigenvalue weighted by Crippen LogP contribution is 2.32. The fourth-order valence-corrected chi connectivity index (χ4v) is 3.75. The standard InChI is InChI=1S/C29H38O3/c1-7-10-12-23(9-3)20-32-28-19-26(29(31-6)18-25(28)11-8-2)27(30)16-15-24-14-13-21(4)17-22(24)5/h8,11,13-19,23H,7,9-10,12,20H2,1-6H3/b11-8+,16-15+. The maximum Gasteiger partial charge on any atom is 0.189 e. The average molecular weight is 435 g/mol. The summed E-state index contributed by atoms with van der Waals surface area (Å²) >= 11 is 0. The summed E-state index contributed by atoms with van der Waals surface area (Å²) in [4.78, 5) is 13.1. The zero-order chi connectivity index (χ0) is 23.5. The van der Waals surface area contributed by atoms with Crippen molar-refractivity contribution in [3.8, 4) is 11.5 Å². The van der Waals surface area contributed by atoms with Gasteiger partial charge in [0.25, 0.3) is 0 Å². The molecule has 0 spiro atoms. The number of allylic oxidation sites excluding steroid dienone is 2. The lowest BCUT2D eigenvalue weighted by Crippen LogP contribution is -2.12. The second-order valence-corrected chi connectivity index (χ2v) is 8.38. The Morgan fingerprint density at radius 1 is 1.03 bits per heavy atom. The van der Waals surface area contributed by atoms with Crippen LogP contribution in [0.3, 0.4) is 0 Å². The Bertz CT molecular complexity index is 953. The van der Waals surface area contributed by atoms with E-state index < -0.39 is 0 Å². The van der Waals surface area contributed by atoms with Crippen molar-refractivity contribution in [2.24, 2.45) is 5.92 Å². The van der Waals surface area contributed by atoms with E-state index in [1.807, 2.05) is 43.4 Å². The molecule has 172 valence electrons. The second-order valence-electron chi connectivity index (χ2n) is 8.38. The third kappa shape index (κ3) is 7.12. The molecule has 0 bridgehead atoms. The molecule has 0 amide bonds. The summed E-state index contributed by atoms with van der Waals surface area (Å²) in [5.74, 6) is 1.69. The van der Waals surface area contributed by atoms with E-state index >= 15 is 0 Å². The molecule has 0 saturated carbocycles. The van der Waals surface area contributed by atoms with E-state index in [1.54, 1.807) is 13.2 Å². The molecule has 0 heterocycles. The Morgan fingerprint density at radius 2 is 1.81 bits per heavy atom. The van der Waals surface area contributed by atoms with Gasteiger partial charge in [-0.15, -0.1) is 0 Å². The Morgan fingerprint density at radius 3 is 2.44 bits per heavy atom. The molecule has 1 atom stereocenters. The van der Waals surface area contributed by atoms with Crippen molar-refractivity contribution in [3.63, 3.8) is 0 Å². The minimum absolute atomic E-state index is 0.100. The van der Waals surface area contributed by atoms with Gasteiger partial charge in [0.05, 0.1) is 19.3 Å². The van der Waals surface area contributed by atoms with E-state index in [-0.39, 0.29) is 5.78 Å². The summed E-state index contributed by atoms with van der Waals surface area (Å²) in [6.07, 6.45) is 12.1. The molecule has 2 rings (SSSR count). The third-order valence-electron chi connectivity index (χ3n) is 5.80. The zero-order valence-corrected chi connectivity index (χ0v) is 20.5. The summed E-state index contributed by atoms with van der Waals surface area (Å²) in [6.45, 7) is 11.2. The molecule has 3 heteroatoms.